The first-order chi connectivity index (χ1) is 6.52. The molecule has 0 aromatic carbocycles. The molecule has 0 aliphatic heterocycles. The maximum Gasteiger partial charge on any atom is 0.221 e. The molecule has 0 radical (unpaired) electrons. The first-order valence-electron chi connectivity index (χ1n) is 5.54. The summed E-state index contributed by atoms with van der Waals surface area (Å²) in [4.78, 5) is 11.2. The van der Waals surface area contributed by atoms with Crippen LogP contribution >= 0.6 is 0 Å². The molecule has 84 valence electrons. The third-order valence-corrected chi connectivity index (χ3v) is 2.04. The van der Waals surface area contributed by atoms with Gasteiger partial charge in [0.2, 0.25) is 5.91 Å². The highest BCUT2D eigenvalue weighted by atomic mass is 16.1. The fourth-order valence-electron chi connectivity index (χ4n) is 1.27. The molecular weight excluding hydrogens is 176 g/mol. The maximum atomic E-state index is 11.2. The largest absolute Gasteiger partial charge is 0.356 e. The van der Waals surface area contributed by atoms with Crippen LogP contribution in [0.15, 0.2) is 0 Å². The van der Waals surface area contributed by atoms with Crippen LogP contribution in [0.1, 0.15) is 46.5 Å². The lowest BCUT2D eigenvalue weighted by molar-refractivity contribution is -0.121. The van der Waals surface area contributed by atoms with Gasteiger partial charge in [0.05, 0.1) is 0 Å². The van der Waals surface area contributed by atoms with Crippen molar-refractivity contribution >= 4 is 5.91 Å². The van der Waals surface area contributed by atoms with Gasteiger partial charge >= 0.3 is 0 Å². The lowest BCUT2D eigenvalue weighted by Gasteiger charge is -2.07. The van der Waals surface area contributed by atoms with E-state index in [1.807, 2.05) is 6.92 Å². The summed E-state index contributed by atoms with van der Waals surface area (Å²) in [6, 6.07) is -0.0364. The van der Waals surface area contributed by atoms with Gasteiger partial charge in [-0.15, -0.1) is 0 Å². The molecule has 0 aliphatic carbocycles. The standard InChI is InChI=1S/C11H24N2O/c1-9(2)6-4-5-7-13-11(14)8-10(3)12/h9-10H,4-8,12H2,1-3H3,(H,13,14). The molecule has 3 heteroatoms. The van der Waals surface area contributed by atoms with Gasteiger partial charge < -0.3 is 11.1 Å². The van der Waals surface area contributed by atoms with Gasteiger partial charge in [-0.2, -0.15) is 0 Å². The quantitative estimate of drug-likeness (QED) is 0.614. The Morgan fingerprint density at radius 3 is 2.43 bits per heavy atom. The van der Waals surface area contributed by atoms with E-state index in [2.05, 4.69) is 19.2 Å². The lowest BCUT2D eigenvalue weighted by atomic mass is 10.1. The summed E-state index contributed by atoms with van der Waals surface area (Å²) in [7, 11) is 0. The highest BCUT2D eigenvalue weighted by Crippen LogP contribution is 2.05. The highest BCUT2D eigenvalue weighted by molar-refractivity contribution is 5.76. The van der Waals surface area contributed by atoms with Crippen LogP contribution in [-0.2, 0) is 4.79 Å². The van der Waals surface area contributed by atoms with E-state index in [0.29, 0.717) is 6.42 Å². The van der Waals surface area contributed by atoms with Gasteiger partial charge in [-0.1, -0.05) is 26.7 Å². The average molecular weight is 200 g/mol. The fourth-order valence-corrected chi connectivity index (χ4v) is 1.27. The van der Waals surface area contributed by atoms with Crippen LogP contribution < -0.4 is 11.1 Å². The van der Waals surface area contributed by atoms with Crippen molar-refractivity contribution in [2.24, 2.45) is 11.7 Å². The van der Waals surface area contributed by atoms with E-state index in [9.17, 15) is 4.79 Å². The van der Waals surface area contributed by atoms with E-state index in [1.54, 1.807) is 0 Å². The molecule has 0 bridgehead atoms. The molecular formula is C11H24N2O. The van der Waals surface area contributed by atoms with E-state index < -0.39 is 0 Å². The van der Waals surface area contributed by atoms with Crippen molar-refractivity contribution in [1.82, 2.24) is 5.32 Å². The lowest BCUT2D eigenvalue weighted by Crippen LogP contribution is -2.30. The molecule has 3 N–H and O–H groups in total. The zero-order valence-corrected chi connectivity index (χ0v) is 9.68. The molecule has 0 spiro atoms. The number of hydrogen-bond acceptors (Lipinski definition) is 2. The molecule has 1 atom stereocenters. The topological polar surface area (TPSA) is 55.1 Å². The molecule has 0 rings (SSSR count). The SMILES string of the molecule is CC(C)CCCCNC(=O)CC(C)N. The summed E-state index contributed by atoms with van der Waals surface area (Å²) in [5.41, 5.74) is 5.50. The van der Waals surface area contributed by atoms with Crippen molar-refractivity contribution in [3.63, 3.8) is 0 Å². The number of amides is 1. The number of hydrogen-bond donors (Lipinski definition) is 2. The number of carbonyl (C=O) groups is 1. The Morgan fingerprint density at radius 2 is 1.93 bits per heavy atom. The minimum atomic E-state index is -0.0364. The van der Waals surface area contributed by atoms with Crippen molar-refractivity contribution in [3.8, 4) is 0 Å². The summed E-state index contributed by atoms with van der Waals surface area (Å²) >= 11 is 0. The second-order valence-electron chi connectivity index (χ2n) is 4.42. The molecule has 0 heterocycles. The Morgan fingerprint density at radius 1 is 1.29 bits per heavy atom. The van der Waals surface area contributed by atoms with Gasteiger partial charge in [0.1, 0.15) is 0 Å². The average Bonchev–Trinajstić information content (AvgIpc) is 2.01. The minimum absolute atomic E-state index is 0.0364. The third kappa shape index (κ3) is 9.52. The number of carbonyl (C=O) groups excluding carboxylic acids is 1. The third-order valence-electron chi connectivity index (χ3n) is 2.04. The van der Waals surface area contributed by atoms with Crippen LogP contribution in [0.3, 0.4) is 0 Å². The Bertz CT molecular complexity index is 155. The molecule has 0 saturated carbocycles. The van der Waals surface area contributed by atoms with E-state index in [4.69, 9.17) is 5.73 Å². The maximum absolute atomic E-state index is 11.2. The van der Waals surface area contributed by atoms with Crippen molar-refractivity contribution in [3.05, 3.63) is 0 Å². The monoisotopic (exact) mass is 200 g/mol. The number of unbranched alkanes of at least 4 members (excludes halogenated alkanes) is 1. The zero-order valence-electron chi connectivity index (χ0n) is 9.68. The van der Waals surface area contributed by atoms with Crippen LogP contribution in [0.4, 0.5) is 0 Å². The number of rotatable bonds is 7. The van der Waals surface area contributed by atoms with Gasteiger partial charge in [-0.3, -0.25) is 4.79 Å². The van der Waals surface area contributed by atoms with Crippen molar-refractivity contribution < 1.29 is 4.79 Å². The summed E-state index contributed by atoms with van der Waals surface area (Å²) in [5, 5.41) is 2.87. The number of nitrogens with two attached hydrogens (primary N) is 1. The van der Waals surface area contributed by atoms with Crippen LogP contribution in [0.5, 0.6) is 0 Å². The summed E-state index contributed by atoms with van der Waals surface area (Å²) in [6.07, 6.45) is 3.94. The molecule has 0 aromatic rings. The van der Waals surface area contributed by atoms with Crippen molar-refractivity contribution in [1.29, 1.82) is 0 Å². The first-order valence-corrected chi connectivity index (χ1v) is 5.54. The molecule has 14 heavy (non-hydrogen) atoms. The highest BCUT2D eigenvalue weighted by Gasteiger charge is 2.03. The van der Waals surface area contributed by atoms with Gasteiger partial charge in [0, 0.05) is 19.0 Å². The summed E-state index contributed by atoms with van der Waals surface area (Å²) in [6.45, 7) is 7.07. The van der Waals surface area contributed by atoms with E-state index in [1.165, 1.54) is 12.8 Å². The summed E-state index contributed by atoms with van der Waals surface area (Å²) < 4.78 is 0. The predicted molar refractivity (Wildman–Crippen MR) is 60.0 cm³/mol. The predicted octanol–water partition coefficient (Wildman–Crippen LogP) is 1.67. The van der Waals surface area contributed by atoms with Gasteiger partial charge in [-0.25, -0.2) is 0 Å². The second kappa shape index (κ2) is 7.80. The first kappa shape index (κ1) is 13.4. The smallest absolute Gasteiger partial charge is 0.221 e. The van der Waals surface area contributed by atoms with Crippen LogP contribution in [-0.4, -0.2) is 18.5 Å². The Labute approximate surface area is 87.4 Å². The molecule has 0 aliphatic rings. The normalized spacial score (nSPS) is 12.9. The summed E-state index contributed by atoms with van der Waals surface area (Å²) in [5.74, 6) is 0.833. The van der Waals surface area contributed by atoms with Gasteiger partial charge in [0.15, 0.2) is 0 Å². The molecule has 0 saturated heterocycles. The number of nitrogens with one attached hydrogen (secondary N) is 1. The van der Waals surface area contributed by atoms with Gasteiger partial charge in [-0.05, 0) is 19.3 Å². The Balaban J connectivity index is 3.23. The Kier molecular flexibility index (Phi) is 7.48. The van der Waals surface area contributed by atoms with Crippen molar-refractivity contribution in [2.75, 3.05) is 6.54 Å². The van der Waals surface area contributed by atoms with E-state index in [0.717, 1.165) is 18.9 Å². The second-order valence-corrected chi connectivity index (χ2v) is 4.42. The van der Waals surface area contributed by atoms with Crippen LogP contribution in [0, 0.1) is 5.92 Å². The van der Waals surface area contributed by atoms with Crippen LogP contribution in [0.2, 0.25) is 0 Å². The molecule has 0 fully saturated rings. The Hall–Kier alpha value is -0.570. The molecule has 1 unspecified atom stereocenters. The molecule has 3 nitrogen and oxygen atoms in total. The minimum Gasteiger partial charge on any atom is -0.356 e. The van der Waals surface area contributed by atoms with Crippen LogP contribution in [0.25, 0.3) is 0 Å². The van der Waals surface area contributed by atoms with Gasteiger partial charge in [0.25, 0.3) is 0 Å². The fraction of sp³-hybridized carbons (Fsp3) is 0.909. The zero-order chi connectivity index (χ0) is 11.0. The van der Waals surface area contributed by atoms with Crippen molar-refractivity contribution in [2.45, 2.75) is 52.5 Å². The van der Waals surface area contributed by atoms with E-state index in [-0.39, 0.29) is 11.9 Å². The molecule has 1 amide bonds. The van der Waals surface area contributed by atoms with E-state index >= 15 is 0 Å². The molecule has 0 aromatic heterocycles.